The third-order valence-corrected chi connectivity index (χ3v) is 6.22. The summed E-state index contributed by atoms with van der Waals surface area (Å²) in [7, 11) is 1.66. The third kappa shape index (κ3) is 5.71. The molecule has 0 fully saturated rings. The highest BCUT2D eigenvalue weighted by molar-refractivity contribution is 8.03. The van der Waals surface area contributed by atoms with E-state index in [9.17, 15) is 4.79 Å². The molecule has 2 aromatic rings. The van der Waals surface area contributed by atoms with Crippen molar-refractivity contribution in [2.45, 2.75) is 33.5 Å². The summed E-state index contributed by atoms with van der Waals surface area (Å²) in [5, 5.41) is 11.0. The van der Waals surface area contributed by atoms with Crippen LogP contribution in [0.1, 0.15) is 19.4 Å². The number of nitrogens with zero attached hydrogens (tertiary/aromatic N) is 2. The van der Waals surface area contributed by atoms with Gasteiger partial charge >= 0.3 is 0 Å². The molecule has 0 aliphatic rings. The molecule has 0 saturated carbocycles. The standard InChI is InChI=1S/C15H19N3O2S3/c1-4-16-13(19)10(2)22-15-18-17-14(23-15)21-9-11-5-7-12(20-3)8-6-11/h5-8,10H,4,9H2,1-3H3,(H,16,19)/t10-/m1/s1. The van der Waals surface area contributed by atoms with E-state index in [1.54, 1.807) is 18.9 Å². The van der Waals surface area contributed by atoms with E-state index in [0.717, 1.165) is 20.2 Å². The van der Waals surface area contributed by atoms with Crippen LogP contribution in [0.2, 0.25) is 0 Å². The van der Waals surface area contributed by atoms with Crippen LogP contribution in [-0.2, 0) is 10.5 Å². The van der Waals surface area contributed by atoms with Crippen LogP contribution in [0.4, 0.5) is 0 Å². The number of carbonyl (C=O) groups excluding carboxylic acids is 1. The van der Waals surface area contributed by atoms with Gasteiger partial charge in [-0.05, 0) is 31.5 Å². The normalized spacial score (nSPS) is 12.0. The lowest BCUT2D eigenvalue weighted by Gasteiger charge is -2.07. The maximum atomic E-state index is 11.7. The fourth-order valence-electron chi connectivity index (χ4n) is 1.69. The van der Waals surface area contributed by atoms with Gasteiger partial charge in [0.25, 0.3) is 0 Å². The van der Waals surface area contributed by atoms with Gasteiger partial charge in [-0.2, -0.15) is 0 Å². The topological polar surface area (TPSA) is 64.1 Å². The summed E-state index contributed by atoms with van der Waals surface area (Å²) in [4.78, 5) is 11.7. The minimum absolute atomic E-state index is 0.0279. The van der Waals surface area contributed by atoms with E-state index < -0.39 is 0 Å². The number of amides is 1. The number of hydrogen-bond donors (Lipinski definition) is 1. The monoisotopic (exact) mass is 369 g/mol. The first-order chi connectivity index (χ1) is 11.1. The minimum Gasteiger partial charge on any atom is -0.497 e. The number of nitrogens with one attached hydrogen (secondary N) is 1. The van der Waals surface area contributed by atoms with Crippen LogP contribution in [-0.4, -0.2) is 35.0 Å². The maximum Gasteiger partial charge on any atom is 0.233 e. The average Bonchev–Trinajstić information content (AvgIpc) is 3.01. The Morgan fingerprint density at radius 2 is 2.00 bits per heavy atom. The molecule has 5 nitrogen and oxygen atoms in total. The number of methoxy groups -OCH3 is 1. The largest absolute Gasteiger partial charge is 0.497 e. The molecule has 0 bridgehead atoms. The van der Waals surface area contributed by atoms with Crippen molar-refractivity contribution in [3.63, 3.8) is 0 Å². The molecule has 0 spiro atoms. The molecule has 1 aromatic heterocycles. The first-order valence-electron chi connectivity index (χ1n) is 7.16. The lowest BCUT2D eigenvalue weighted by molar-refractivity contribution is -0.120. The van der Waals surface area contributed by atoms with Gasteiger partial charge in [0.2, 0.25) is 5.91 Å². The second-order valence-corrected chi connectivity index (χ2v) is 8.41. The SMILES string of the molecule is CCNC(=O)[C@@H](C)Sc1nnc(SCc2ccc(OC)cc2)s1. The van der Waals surface area contributed by atoms with Crippen molar-refractivity contribution in [1.29, 1.82) is 0 Å². The quantitative estimate of drug-likeness (QED) is 0.719. The van der Waals surface area contributed by atoms with Crippen molar-refractivity contribution in [3.8, 4) is 5.75 Å². The number of rotatable bonds is 8. The van der Waals surface area contributed by atoms with Crippen molar-refractivity contribution in [2.24, 2.45) is 0 Å². The smallest absolute Gasteiger partial charge is 0.233 e. The molecule has 1 heterocycles. The summed E-state index contributed by atoms with van der Waals surface area (Å²) in [6.45, 7) is 4.43. The Morgan fingerprint density at radius 3 is 2.65 bits per heavy atom. The molecule has 0 unspecified atom stereocenters. The summed E-state index contributed by atoms with van der Waals surface area (Å²) < 4.78 is 6.88. The van der Waals surface area contributed by atoms with E-state index in [0.29, 0.717) is 6.54 Å². The van der Waals surface area contributed by atoms with E-state index >= 15 is 0 Å². The molecule has 124 valence electrons. The van der Waals surface area contributed by atoms with Crippen molar-refractivity contribution < 1.29 is 9.53 Å². The van der Waals surface area contributed by atoms with Gasteiger partial charge in [-0.1, -0.05) is 47.0 Å². The number of thioether (sulfide) groups is 2. The fraction of sp³-hybridized carbons (Fsp3) is 0.400. The van der Waals surface area contributed by atoms with Gasteiger partial charge in [0.1, 0.15) is 5.75 Å². The van der Waals surface area contributed by atoms with E-state index in [4.69, 9.17) is 4.74 Å². The summed E-state index contributed by atoms with van der Waals surface area (Å²) in [5.41, 5.74) is 1.20. The molecule has 2 rings (SSSR count). The first-order valence-corrected chi connectivity index (χ1v) is 9.84. The molecule has 0 radical (unpaired) electrons. The molecule has 1 aromatic carbocycles. The van der Waals surface area contributed by atoms with Gasteiger partial charge in [0.05, 0.1) is 12.4 Å². The van der Waals surface area contributed by atoms with Gasteiger partial charge in [-0.3, -0.25) is 4.79 Å². The number of ether oxygens (including phenoxy) is 1. The van der Waals surface area contributed by atoms with Gasteiger partial charge in [0, 0.05) is 12.3 Å². The highest BCUT2D eigenvalue weighted by Gasteiger charge is 2.16. The Kier molecular flexibility index (Phi) is 7.19. The van der Waals surface area contributed by atoms with E-state index in [1.807, 2.05) is 38.1 Å². The average molecular weight is 370 g/mol. The molecular weight excluding hydrogens is 350 g/mol. The predicted octanol–water partition coefficient (Wildman–Crippen LogP) is 3.46. The fourth-order valence-corrected chi connectivity index (χ4v) is 4.84. The van der Waals surface area contributed by atoms with Crippen molar-refractivity contribution in [2.75, 3.05) is 13.7 Å². The summed E-state index contributed by atoms with van der Waals surface area (Å²) >= 11 is 4.61. The van der Waals surface area contributed by atoms with Crippen LogP contribution in [0.3, 0.4) is 0 Å². The number of carbonyl (C=O) groups is 1. The number of aromatic nitrogens is 2. The zero-order valence-corrected chi connectivity index (χ0v) is 15.7. The molecule has 1 atom stereocenters. The van der Waals surface area contributed by atoms with Gasteiger partial charge < -0.3 is 10.1 Å². The van der Waals surface area contributed by atoms with Crippen LogP contribution in [0.5, 0.6) is 5.75 Å². The predicted molar refractivity (Wildman–Crippen MR) is 96.5 cm³/mol. The van der Waals surface area contributed by atoms with Gasteiger partial charge in [-0.25, -0.2) is 0 Å². The van der Waals surface area contributed by atoms with Crippen molar-refractivity contribution in [3.05, 3.63) is 29.8 Å². The molecule has 1 amide bonds. The highest BCUT2D eigenvalue weighted by atomic mass is 32.2. The van der Waals surface area contributed by atoms with Gasteiger partial charge in [0.15, 0.2) is 8.68 Å². The molecule has 1 N–H and O–H groups in total. The van der Waals surface area contributed by atoms with E-state index in [2.05, 4.69) is 15.5 Å². The Labute approximate surface area is 148 Å². The van der Waals surface area contributed by atoms with Gasteiger partial charge in [-0.15, -0.1) is 10.2 Å². The lowest BCUT2D eigenvalue weighted by atomic mass is 10.2. The van der Waals surface area contributed by atoms with Crippen LogP contribution < -0.4 is 10.1 Å². The summed E-state index contributed by atoms with van der Waals surface area (Å²) in [5.74, 6) is 1.71. The second-order valence-electron chi connectivity index (χ2n) is 4.63. The number of hydrogen-bond acceptors (Lipinski definition) is 7. The Bertz CT molecular complexity index is 631. The summed E-state index contributed by atoms with van der Waals surface area (Å²) in [6, 6.07) is 7.98. The van der Waals surface area contributed by atoms with Crippen LogP contribution in [0.25, 0.3) is 0 Å². The summed E-state index contributed by atoms with van der Waals surface area (Å²) in [6.07, 6.45) is 0. The maximum absolute atomic E-state index is 11.7. The molecule has 23 heavy (non-hydrogen) atoms. The van der Waals surface area contributed by atoms with E-state index in [1.165, 1.54) is 28.7 Å². The zero-order valence-electron chi connectivity index (χ0n) is 13.2. The van der Waals surface area contributed by atoms with Crippen LogP contribution in [0, 0.1) is 0 Å². The minimum atomic E-state index is -0.165. The Hall–Kier alpha value is -1.25. The molecule has 0 aliphatic carbocycles. The Balaban J connectivity index is 1.85. The first kappa shape index (κ1) is 18.1. The highest BCUT2D eigenvalue weighted by Crippen LogP contribution is 2.32. The number of benzene rings is 1. The van der Waals surface area contributed by atoms with Crippen molar-refractivity contribution >= 4 is 40.8 Å². The second kappa shape index (κ2) is 9.14. The van der Waals surface area contributed by atoms with Crippen molar-refractivity contribution in [1.82, 2.24) is 15.5 Å². The molecular formula is C15H19N3O2S3. The van der Waals surface area contributed by atoms with Crippen LogP contribution in [0.15, 0.2) is 32.9 Å². The zero-order chi connectivity index (χ0) is 16.7. The molecule has 8 heteroatoms. The third-order valence-electron chi connectivity index (χ3n) is 2.91. The molecule has 0 saturated heterocycles. The Morgan fingerprint density at radius 1 is 1.30 bits per heavy atom. The van der Waals surface area contributed by atoms with Crippen LogP contribution >= 0.6 is 34.9 Å². The van der Waals surface area contributed by atoms with E-state index in [-0.39, 0.29) is 11.2 Å². The molecule has 0 aliphatic heterocycles. The lowest BCUT2D eigenvalue weighted by Crippen LogP contribution is -2.30.